The SMILES string of the molecule is CCc1ncc(CNCCCN(C)C)s1. The molecule has 0 unspecified atom stereocenters. The van der Waals surface area contributed by atoms with Gasteiger partial charge in [0, 0.05) is 17.6 Å². The molecule has 0 atom stereocenters. The summed E-state index contributed by atoms with van der Waals surface area (Å²) in [6, 6.07) is 0. The molecule has 1 rings (SSSR count). The van der Waals surface area contributed by atoms with Gasteiger partial charge in [0.1, 0.15) is 0 Å². The number of rotatable bonds is 7. The number of thiazole rings is 1. The Morgan fingerprint density at radius 3 is 2.87 bits per heavy atom. The van der Waals surface area contributed by atoms with Crippen LogP contribution in [0, 0.1) is 0 Å². The van der Waals surface area contributed by atoms with Crippen molar-refractivity contribution < 1.29 is 0 Å². The standard InChI is InChI=1S/C11H21N3S/c1-4-11-13-9-10(15-11)8-12-6-5-7-14(2)3/h9,12H,4-8H2,1-3H3. The van der Waals surface area contributed by atoms with Crippen molar-refractivity contribution in [2.75, 3.05) is 27.2 Å². The van der Waals surface area contributed by atoms with Gasteiger partial charge >= 0.3 is 0 Å². The summed E-state index contributed by atoms with van der Waals surface area (Å²) in [7, 11) is 4.22. The van der Waals surface area contributed by atoms with Crippen LogP contribution < -0.4 is 5.32 Å². The van der Waals surface area contributed by atoms with Gasteiger partial charge in [0.2, 0.25) is 0 Å². The number of hydrogen-bond donors (Lipinski definition) is 1. The summed E-state index contributed by atoms with van der Waals surface area (Å²) in [5.41, 5.74) is 0. The van der Waals surface area contributed by atoms with Crippen LogP contribution in [0.1, 0.15) is 23.2 Å². The van der Waals surface area contributed by atoms with E-state index in [1.165, 1.54) is 16.3 Å². The van der Waals surface area contributed by atoms with E-state index in [2.05, 4.69) is 36.2 Å². The van der Waals surface area contributed by atoms with Gasteiger partial charge in [0.05, 0.1) is 5.01 Å². The summed E-state index contributed by atoms with van der Waals surface area (Å²) in [6.45, 7) is 5.34. The topological polar surface area (TPSA) is 28.2 Å². The molecular formula is C11H21N3S. The molecule has 0 fully saturated rings. The highest BCUT2D eigenvalue weighted by molar-refractivity contribution is 7.11. The first-order valence-electron chi connectivity index (χ1n) is 5.51. The van der Waals surface area contributed by atoms with Gasteiger partial charge in [-0.3, -0.25) is 0 Å². The van der Waals surface area contributed by atoms with Crippen molar-refractivity contribution in [1.82, 2.24) is 15.2 Å². The Morgan fingerprint density at radius 2 is 2.27 bits per heavy atom. The molecule has 0 radical (unpaired) electrons. The second-order valence-electron chi connectivity index (χ2n) is 3.91. The number of aryl methyl sites for hydroxylation is 1. The van der Waals surface area contributed by atoms with E-state index in [1.54, 1.807) is 0 Å². The highest BCUT2D eigenvalue weighted by Crippen LogP contribution is 2.12. The predicted octanol–water partition coefficient (Wildman–Crippen LogP) is 1.75. The van der Waals surface area contributed by atoms with Crippen LogP contribution in [0.4, 0.5) is 0 Å². The van der Waals surface area contributed by atoms with E-state index in [-0.39, 0.29) is 0 Å². The average Bonchev–Trinajstić information content (AvgIpc) is 2.65. The second kappa shape index (κ2) is 6.93. The molecule has 0 saturated carbocycles. The van der Waals surface area contributed by atoms with Gasteiger partial charge in [-0.25, -0.2) is 4.98 Å². The van der Waals surface area contributed by atoms with Gasteiger partial charge in [0.25, 0.3) is 0 Å². The average molecular weight is 227 g/mol. The Labute approximate surface area is 96.5 Å². The van der Waals surface area contributed by atoms with Crippen LogP contribution in [-0.4, -0.2) is 37.1 Å². The van der Waals surface area contributed by atoms with Crippen LogP contribution in [0.15, 0.2) is 6.20 Å². The maximum Gasteiger partial charge on any atom is 0.0925 e. The molecule has 0 saturated heterocycles. The Hall–Kier alpha value is -0.450. The number of aromatic nitrogens is 1. The Morgan fingerprint density at radius 1 is 1.47 bits per heavy atom. The summed E-state index contributed by atoms with van der Waals surface area (Å²) in [5.74, 6) is 0. The molecule has 86 valence electrons. The van der Waals surface area contributed by atoms with Crippen molar-refractivity contribution >= 4 is 11.3 Å². The third-order valence-electron chi connectivity index (χ3n) is 2.16. The van der Waals surface area contributed by atoms with Gasteiger partial charge in [-0.2, -0.15) is 0 Å². The molecular weight excluding hydrogens is 206 g/mol. The first-order chi connectivity index (χ1) is 7.22. The summed E-state index contributed by atoms with van der Waals surface area (Å²) in [6.07, 6.45) is 4.24. The zero-order chi connectivity index (χ0) is 11.1. The summed E-state index contributed by atoms with van der Waals surface area (Å²) in [5, 5.41) is 4.67. The minimum atomic E-state index is 0.963. The molecule has 3 nitrogen and oxygen atoms in total. The molecule has 0 aliphatic heterocycles. The fourth-order valence-corrected chi connectivity index (χ4v) is 2.16. The molecule has 0 bridgehead atoms. The second-order valence-corrected chi connectivity index (χ2v) is 5.11. The highest BCUT2D eigenvalue weighted by Gasteiger charge is 1.99. The van der Waals surface area contributed by atoms with Crippen LogP contribution in [-0.2, 0) is 13.0 Å². The monoisotopic (exact) mass is 227 g/mol. The Bertz CT molecular complexity index is 271. The predicted molar refractivity (Wildman–Crippen MR) is 66.4 cm³/mol. The Balaban J connectivity index is 2.09. The largest absolute Gasteiger partial charge is 0.312 e. The summed E-state index contributed by atoms with van der Waals surface area (Å²) >= 11 is 1.81. The molecule has 1 N–H and O–H groups in total. The third-order valence-corrected chi connectivity index (χ3v) is 3.30. The highest BCUT2D eigenvalue weighted by atomic mass is 32.1. The van der Waals surface area contributed by atoms with Crippen molar-refractivity contribution in [3.05, 3.63) is 16.1 Å². The van der Waals surface area contributed by atoms with E-state index >= 15 is 0 Å². The first kappa shape index (κ1) is 12.6. The zero-order valence-corrected chi connectivity index (χ0v) is 10.7. The minimum Gasteiger partial charge on any atom is -0.312 e. The van der Waals surface area contributed by atoms with Crippen LogP contribution in [0.25, 0.3) is 0 Å². The van der Waals surface area contributed by atoms with Gasteiger partial charge in [0.15, 0.2) is 0 Å². The number of nitrogens with zero attached hydrogens (tertiary/aromatic N) is 2. The fourth-order valence-electron chi connectivity index (χ4n) is 1.33. The van der Waals surface area contributed by atoms with Crippen molar-refractivity contribution in [3.8, 4) is 0 Å². The van der Waals surface area contributed by atoms with Crippen LogP contribution in [0.5, 0.6) is 0 Å². The van der Waals surface area contributed by atoms with Crippen molar-refractivity contribution in [2.45, 2.75) is 26.3 Å². The van der Waals surface area contributed by atoms with Gasteiger partial charge < -0.3 is 10.2 Å². The summed E-state index contributed by atoms with van der Waals surface area (Å²) < 4.78 is 0. The molecule has 0 amide bonds. The van der Waals surface area contributed by atoms with E-state index in [1.807, 2.05) is 17.5 Å². The molecule has 0 aromatic carbocycles. The fraction of sp³-hybridized carbons (Fsp3) is 0.727. The molecule has 1 aromatic heterocycles. The van der Waals surface area contributed by atoms with E-state index < -0.39 is 0 Å². The normalized spacial score (nSPS) is 11.2. The molecule has 0 aliphatic rings. The van der Waals surface area contributed by atoms with Gasteiger partial charge in [-0.15, -0.1) is 11.3 Å². The van der Waals surface area contributed by atoms with Crippen molar-refractivity contribution in [2.24, 2.45) is 0 Å². The van der Waals surface area contributed by atoms with Gasteiger partial charge in [-0.05, 0) is 40.0 Å². The summed E-state index contributed by atoms with van der Waals surface area (Å²) in [4.78, 5) is 7.89. The molecule has 1 heterocycles. The van der Waals surface area contributed by atoms with Crippen molar-refractivity contribution in [1.29, 1.82) is 0 Å². The first-order valence-corrected chi connectivity index (χ1v) is 6.33. The third kappa shape index (κ3) is 5.25. The van der Waals surface area contributed by atoms with Crippen LogP contribution in [0.2, 0.25) is 0 Å². The lowest BCUT2D eigenvalue weighted by molar-refractivity contribution is 0.394. The molecule has 4 heteroatoms. The molecule has 0 spiro atoms. The Kier molecular flexibility index (Phi) is 5.83. The lowest BCUT2D eigenvalue weighted by Gasteiger charge is -2.08. The smallest absolute Gasteiger partial charge is 0.0925 e. The van der Waals surface area contributed by atoms with E-state index in [0.717, 1.165) is 26.1 Å². The number of nitrogens with one attached hydrogen (secondary N) is 1. The lowest BCUT2D eigenvalue weighted by Crippen LogP contribution is -2.20. The molecule has 1 aromatic rings. The molecule has 0 aliphatic carbocycles. The maximum absolute atomic E-state index is 4.33. The van der Waals surface area contributed by atoms with E-state index in [9.17, 15) is 0 Å². The van der Waals surface area contributed by atoms with Crippen LogP contribution in [0.3, 0.4) is 0 Å². The number of hydrogen-bond acceptors (Lipinski definition) is 4. The zero-order valence-electron chi connectivity index (χ0n) is 9.92. The quantitative estimate of drug-likeness (QED) is 0.719. The van der Waals surface area contributed by atoms with Gasteiger partial charge in [-0.1, -0.05) is 6.92 Å². The maximum atomic E-state index is 4.33. The lowest BCUT2D eigenvalue weighted by atomic mass is 10.4. The van der Waals surface area contributed by atoms with E-state index in [0.29, 0.717) is 0 Å². The minimum absolute atomic E-state index is 0.963. The van der Waals surface area contributed by atoms with Crippen molar-refractivity contribution in [3.63, 3.8) is 0 Å². The molecule has 15 heavy (non-hydrogen) atoms. The van der Waals surface area contributed by atoms with E-state index in [4.69, 9.17) is 0 Å². The van der Waals surface area contributed by atoms with Crippen LogP contribution >= 0.6 is 11.3 Å².